The Labute approximate surface area is 67.0 Å². The molecule has 2 rings (SSSR count). The fraction of sp³-hybridized carbons (Fsp3) is 0.500. The van der Waals surface area contributed by atoms with Crippen LogP contribution in [0.5, 0.6) is 0 Å². The molecule has 4 nitrogen and oxygen atoms in total. The third-order valence-electron chi connectivity index (χ3n) is 1.67. The second-order valence-corrected chi connectivity index (χ2v) is 3.88. The number of nitrogens with zero attached hydrogens (tertiary/aromatic N) is 2. The molecule has 5 heteroatoms. The molecule has 0 amide bonds. The standard InChI is InChI=1S/C6H8N2O2S/c9-4-5-3-8-1-2-11(10)6(8)7-5/h3,9H,1-2,4H2/t11-/m1/s1. The number of aryl methyl sites for hydroxylation is 1. The van der Waals surface area contributed by atoms with Crippen LogP contribution in [0.15, 0.2) is 11.4 Å². The minimum absolute atomic E-state index is 0.0722. The van der Waals surface area contributed by atoms with Crippen molar-refractivity contribution in [2.45, 2.75) is 18.3 Å². The van der Waals surface area contributed by atoms with E-state index in [1.165, 1.54) is 0 Å². The molecule has 1 atom stereocenters. The van der Waals surface area contributed by atoms with Gasteiger partial charge in [-0.05, 0) is 0 Å². The lowest BCUT2D eigenvalue weighted by atomic mass is 10.5. The lowest BCUT2D eigenvalue weighted by Crippen LogP contribution is -2.01. The molecule has 0 saturated carbocycles. The molecular weight excluding hydrogens is 164 g/mol. The number of rotatable bonds is 1. The van der Waals surface area contributed by atoms with Gasteiger partial charge in [-0.1, -0.05) is 0 Å². The van der Waals surface area contributed by atoms with Crippen LogP contribution in [0.1, 0.15) is 5.69 Å². The summed E-state index contributed by atoms with van der Waals surface area (Å²) < 4.78 is 13.0. The van der Waals surface area contributed by atoms with Gasteiger partial charge in [-0.25, -0.2) is 0 Å². The molecule has 11 heavy (non-hydrogen) atoms. The van der Waals surface area contributed by atoms with Gasteiger partial charge in [0.05, 0.1) is 18.8 Å². The molecule has 0 unspecified atom stereocenters. The molecule has 0 bridgehead atoms. The highest BCUT2D eigenvalue weighted by molar-refractivity contribution is 7.91. The number of fused-ring (bicyclic) bond motifs is 1. The molecule has 0 radical (unpaired) electrons. The van der Waals surface area contributed by atoms with Gasteiger partial charge in [0, 0.05) is 17.4 Å². The predicted molar refractivity (Wildman–Crippen MR) is 39.4 cm³/mol. The molecule has 60 valence electrons. The summed E-state index contributed by atoms with van der Waals surface area (Å²) in [6, 6.07) is 0. The van der Waals surface area contributed by atoms with Crippen LogP contribution in [-0.4, -0.2) is 25.0 Å². The molecule has 1 aromatic rings. The summed E-state index contributed by atoms with van der Waals surface area (Å²) in [5.41, 5.74) is 0.605. The van der Waals surface area contributed by atoms with E-state index >= 15 is 0 Å². The maximum atomic E-state index is 11.1. The number of hydrogen-bond acceptors (Lipinski definition) is 3. The molecule has 1 aromatic heterocycles. The van der Waals surface area contributed by atoms with Crippen LogP contribution in [0.2, 0.25) is 0 Å². The third kappa shape index (κ3) is 1.05. The number of aromatic nitrogens is 2. The van der Waals surface area contributed by atoms with Crippen LogP contribution >= 0.6 is 0 Å². The number of aliphatic hydroxyl groups is 1. The van der Waals surface area contributed by atoms with Gasteiger partial charge < -0.3 is 9.66 Å². The molecule has 0 aliphatic carbocycles. The number of imidazole rings is 1. The lowest BCUT2D eigenvalue weighted by Gasteiger charge is -1.95. The van der Waals surface area contributed by atoms with Crippen LogP contribution in [0.25, 0.3) is 0 Å². The van der Waals surface area contributed by atoms with E-state index in [0.29, 0.717) is 16.6 Å². The molecule has 1 aliphatic rings. The van der Waals surface area contributed by atoms with Crippen LogP contribution in [0, 0.1) is 0 Å². The average molecular weight is 172 g/mol. The van der Waals surface area contributed by atoms with E-state index < -0.39 is 11.2 Å². The third-order valence-corrected chi connectivity index (χ3v) is 2.96. The SMILES string of the molecule is [O-][S@+]1CCn2cc(CO)nc21. The van der Waals surface area contributed by atoms with Gasteiger partial charge in [0.1, 0.15) is 5.75 Å². The Morgan fingerprint density at radius 1 is 1.82 bits per heavy atom. The van der Waals surface area contributed by atoms with Gasteiger partial charge in [-0.15, -0.1) is 0 Å². The Kier molecular flexibility index (Phi) is 1.63. The van der Waals surface area contributed by atoms with Gasteiger partial charge in [0.25, 0.3) is 0 Å². The van der Waals surface area contributed by atoms with Gasteiger partial charge in [0.15, 0.2) is 0 Å². The van der Waals surface area contributed by atoms with Gasteiger partial charge in [-0.2, -0.15) is 4.98 Å². The minimum Gasteiger partial charge on any atom is -0.609 e. The predicted octanol–water partition coefficient (Wildman–Crippen LogP) is -0.503. The van der Waals surface area contributed by atoms with Crippen molar-refractivity contribution in [2.24, 2.45) is 0 Å². The summed E-state index contributed by atoms with van der Waals surface area (Å²) in [6.07, 6.45) is 1.75. The Morgan fingerprint density at radius 3 is 3.27 bits per heavy atom. The van der Waals surface area contributed by atoms with E-state index in [0.717, 1.165) is 6.54 Å². The van der Waals surface area contributed by atoms with Gasteiger partial charge in [0.2, 0.25) is 0 Å². The van der Waals surface area contributed by atoms with Gasteiger partial charge in [-0.3, -0.25) is 4.57 Å². The van der Waals surface area contributed by atoms with Crippen LogP contribution in [0.3, 0.4) is 0 Å². The normalized spacial score (nSPS) is 22.2. The molecule has 0 spiro atoms. The van der Waals surface area contributed by atoms with Crippen LogP contribution < -0.4 is 0 Å². The Morgan fingerprint density at radius 2 is 2.64 bits per heavy atom. The first kappa shape index (κ1) is 7.15. The lowest BCUT2D eigenvalue weighted by molar-refractivity contribution is 0.277. The largest absolute Gasteiger partial charge is 0.609 e. The van der Waals surface area contributed by atoms with Crippen LogP contribution in [-0.2, 0) is 24.3 Å². The molecular formula is C6H8N2O2S. The second-order valence-electron chi connectivity index (χ2n) is 2.42. The summed E-state index contributed by atoms with van der Waals surface area (Å²) in [5.74, 6) is 0.661. The number of aliphatic hydroxyl groups excluding tert-OH is 1. The highest BCUT2D eigenvalue weighted by Crippen LogP contribution is 2.18. The highest BCUT2D eigenvalue weighted by atomic mass is 32.2. The zero-order valence-corrected chi connectivity index (χ0v) is 6.67. The van der Waals surface area contributed by atoms with Crippen molar-refractivity contribution in [3.05, 3.63) is 11.9 Å². The zero-order valence-electron chi connectivity index (χ0n) is 5.86. The smallest absolute Gasteiger partial charge is 0.323 e. The number of hydrogen-bond donors (Lipinski definition) is 1. The van der Waals surface area contributed by atoms with E-state index in [9.17, 15) is 4.55 Å². The molecule has 1 N–H and O–H groups in total. The monoisotopic (exact) mass is 172 g/mol. The van der Waals surface area contributed by atoms with E-state index in [2.05, 4.69) is 4.98 Å². The van der Waals surface area contributed by atoms with Crippen molar-refractivity contribution in [3.8, 4) is 0 Å². The summed E-state index contributed by atoms with van der Waals surface area (Å²) >= 11 is -0.938. The van der Waals surface area contributed by atoms with E-state index in [4.69, 9.17) is 5.11 Å². The Hall–Kier alpha value is -0.520. The summed E-state index contributed by atoms with van der Waals surface area (Å²) in [4.78, 5) is 4.00. The highest BCUT2D eigenvalue weighted by Gasteiger charge is 2.26. The maximum absolute atomic E-state index is 11.1. The van der Waals surface area contributed by atoms with Crippen molar-refractivity contribution >= 4 is 11.2 Å². The first-order valence-corrected chi connectivity index (χ1v) is 4.68. The molecule has 1 aliphatic heterocycles. The van der Waals surface area contributed by atoms with Crippen molar-refractivity contribution in [2.75, 3.05) is 5.75 Å². The zero-order chi connectivity index (χ0) is 7.84. The Bertz CT molecular complexity index is 274. The van der Waals surface area contributed by atoms with Gasteiger partial charge >= 0.3 is 5.16 Å². The van der Waals surface area contributed by atoms with Crippen molar-refractivity contribution in [1.29, 1.82) is 0 Å². The molecule has 0 aromatic carbocycles. The first-order valence-electron chi connectivity index (χ1n) is 3.36. The molecule has 2 heterocycles. The van der Waals surface area contributed by atoms with E-state index in [1.807, 2.05) is 4.57 Å². The summed E-state index contributed by atoms with van der Waals surface area (Å²) in [7, 11) is 0. The van der Waals surface area contributed by atoms with Crippen LogP contribution in [0.4, 0.5) is 0 Å². The fourth-order valence-corrected chi connectivity index (χ4v) is 2.31. The second kappa shape index (κ2) is 2.51. The topological polar surface area (TPSA) is 61.1 Å². The average Bonchev–Trinajstić information content (AvgIpc) is 2.53. The van der Waals surface area contributed by atoms with Crippen molar-refractivity contribution in [3.63, 3.8) is 0 Å². The van der Waals surface area contributed by atoms with E-state index in [1.54, 1.807) is 6.20 Å². The Balaban J connectivity index is 2.38. The summed E-state index contributed by atoms with van der Waals surface area (Å²) in [5, 5.41) is 9.31. The summed E-state index contributed by atoms with van der Waals surface area (Å²) in [6.45, 7) is 0.687. The first-order chi connectivity index (χ1) is 5.31. The molecule has 0 saturated heterocycles. The molecule has 0 fully saturated rings. The maximum Gasteiger partial charge on any atom is 0.323 e. The van der Waals surface area contributed by atoms with Crippen molar-refractivity contribution in [1.82, 2.24) is 9.55 Å². The minimum atomic E-state index is -0.938. The van der Waals surface area contributed by atoms with Crippen molar-refractivity contribution < 1.29 is 9.66 Å². The van der Waals surface area contributed by atoms with E-state index in [-0.39, 0.29) is 6.61 Å². The quantitative estimate of drug-likeness (QED) is 0.581. The fourth-order valence-electron chi connectivity index (χ4n) is 1.14.